The Hall–Kier alpha value is -2.22. The molecule has 0 aliphatic heterocycles. The second-order valence-corrected chi connectivity index (χ2v) is 7.29. The second-order valence-electron chi connectivity index (χ2n) is 6.90. The standard InChI is InChI=1S/C20H24ClN5O2/c1-27-11-12-28-13-16-19(17-7-4-8-18(21)26(17)25-16)15-9-10-22-20(24-15)23-14-5-2-3-6-14/h4,7-10,14H,2-3,5-6,11-13H2,1H3,(H,22,23,24). The van der Waals surface area contributed by atoms with Crippen LogP contribution in [0.3, 0.4) is 0 Å². The molecule has 0 radical (unpaired) electrons. The van der Waals surface area contributed by atoms with E-state index in [9.17, 15) is 0 Å². The highest BCUT2D eigenvalue weighted by Crippen LogP contribution is 2.30. The van der Waals surface area contributed by atoms with Gasteiger partial charge in [-0.05, 0) is 31.0 Å². The number of aromatic nitrogens is 4. The first-order valence-corrected chi connectivity index (χ1v) is 9.97. The van der Waals surface area contributed by atoms with Crippen molar-refractivity contribution in [1.29, 1.82) is 0 Å². The van der Waals surface area contributed by atoms with E-state index in [0.717, 1.165) is 22.5 Å². The Kier molecular flexibility index (Phi) is 6.04. The first-order chi connectivity index (χ1) is 13.8. The van der Waals surface area contributed by atoms with Crippen LogP contribution in [0, 0.1) is 0 Å². The average Bonchev–Trinajstić information content (AvgIpc) is 3.34. The van der Waals surface area contributed by atoms with Crippen LogP contribution >= 0.6 is 11.6 Å². The zero-order chi connectivity index (χ0) is 19.3. The number of hydrogen-bond acceptors (Lipinski definition) is 6. The summed E-state index contributed by atoms with van der Waals surface area (Å²) in [4.78, 5) is 9.17. The van der Waals surface area contributed by atoms with E-state index in [1.54, 1.807) is 17.8 Å². The van der Waals surface area contributed by atoms with Crippen molar-refractivity contribution in [1.82, 2.24) is 19.6 Å². The van der Waals surface area contributed by atoms with Crippen LogP contribution in [-0.2, 0) is 16.1 Å². The van der Waals surface area contributed by atoms with Crippen molar-refractivity contribution >= 4 is 23.1 Å². The fraction of sp³-hybridized carbons (Fsp3) is 0.450. The Labute approximate surface area is 169 Å². The monoisotopic (exact) mass is 401 g/mol. The third-order valence-corrected chi connectivity index (χ3v) is 5.24. The van der Waals surface area contributed by atoms with E-state index in [1.165, 1.54) is 25.7 Å². The van der Waals surface area contributed by atoms with E-state index in [-0.39, 0.29) is 0 Å². The van der Waals surface area contributed by atoms with Gasteiger partial charge in [-0.15, -0.1) is 0 Å². The number of nitrogens with one attached hydrogen (secondary N) is 1. The van der Waals surface area contributed by atoms with Gasteiger partial charge in [-0.2, -0.15) is 5.10 Å². The molecule has 1 saturated carbocycles. The molecule has 3 heterocycles. The quantitative estimate of drug-likeness (QED) is 0.455. The van der Waals surface area contributed by atoms with Crippen LogP contribution in [0.1, 0.15) is 31.4 Å². The first-order valence-electron chi connectivity index (χ1n) is 9.59. The van der Waals surface area contributed by atoms with Gasteiger partial charge in [0.25, 0.3) is 0 Å². The lowest BCUT2D eigenvalue weighted by molar-refractivity contribution is 0.0603. The molecule has 7 nitrogen and oxygen atoms in total. The summed E-state index contributed by atoms with van der Waals surface area (Å²) < 4.78 is 12.5. The molecular weight excluding hydrogens is 378 g/mol. The van der Waals surface area contributed by atoms with Crippen molar-refractivity contribution in [2.24, 2.45) is 0 Å². The molecule has 0 saturated heterocycles. The Morgan fingerprint density at radius 1 is 1.21 bits per heavy atom. The van der Waals surface area contributed by atoms with E-state index in [0.29, 0.717) is 37.0 Å². The summed E-state index contributed by atoms with van der Waals surface area (Å²) in [6.45, 7) is 1.38. The number of nitrogens with zero attached hydrogens (tertiary/aromatic N) is 4. The summed E-state index contributed by atoms with van der Waals surface area (Å²) in [5.41, 5.74) is 3.40. The Morgan fingerprint density at radius 2 is 2.07 bits per heavy atom. The highest BCUT2D eigenvalue weighted by molar-refractivity contribution is 6.29. The van der Waals surface area contributed by atoms with E-state index in [1.807, 2.05) is 24.3 Å². The molecule has 8 heteroatoms. The number of hydrogen-bond donors (Lipinski definition) is 1. The van der Waals surface area contributed by atoms with Crippen molar-refractivity contribution in [3.8, 4) is 11.3 Å². The third-order valence-electron chi connectivity index (χ3n) is 4.95. The molecule has 1 fully saturated rings. The molecule has 0 atom stereocenters. The van der Waals surface area contributed by atoms with Gasteiger partial charge in [-0.1, -0.05) is 30.5 Å². The van der Waals surface area contributed by atoms with Gasteiger partial charge >= 0.3 is 0 Å². The first kappa shape index (κ1) is 19.1. The number of anilines is 1. The minimum Gasteiger partial charge on any atom is -0.382 e. The summed E-state index contributed by atoms with van der Waals surface area (Å²) in [6, 6.07) is 8.06. The van der Waals surface area contributed by atoms with Crippen LogP contribution in [0.25, 0.3) is 16.8 Å². The summed E-state index contributed by atoms with van der Waals surface area (Å²) >= 11 is 6.35. The van der Waals surface area contributed by atoms with E-state index < -0.39 is 0 Å². The molecule has 1 aliphatic rings. The molecule has 0 unspecified atom stereocenters. The van der Waals surface area contributed by atoms with Gasteiger partial charge in [0, 0.05) is 19.3 Å². The lowest BCUT2D eigenvalue weighted by Gasteiger charge is -2.12. The molecule has 0 spiro atoms. The number of ether oxygens (including phenoxy) is 2. The molecule has 28 heavy (non-hydrogen) atoms. The predicted molar refractivity (Wildman–Crippen MR) is 109 cm³/mol. The topological polar surface area (TPSA) is 73.6 Å². The maximum absolute atomic E-state index is 6.35. The Morgan fingerprint density at radius 3 is 2.89 bits per heavy atom. The minimum absolute atomic E-state index is 0.353. The molecule has 0 aromatic carbocycles. The zero-order valence-corrected chi connectivity index (χ0v) is 16.7. The number of rotatable bonds is 8. The van der Waals surface area contributed by atoms with Crippen molar-refractivity contribution in [3.05, 3.63) is 41.3 Å². The van der Waals surface area contributed by atoms with Gasteiger partial charge in [0.1, 0.15) is 5.15 Å². The Bertz CT molecular complexity index is 939. The summed E-state index contributed by atoms with van der Waals surface area (Å²) in [7, 11) is 1.65. The van der Waals surface area contributed by atoms with Gasteiger partial charge in [-0.25, -0.2) is 14.5 Å². The Balaban J connectivity index is 1.68. The fourth-order valence-electron chi connectivity index (χ4n) is 3.60. The van der Waals surface area contributed by atoms with Crippen LogP contribution in [0.5, 0.6) is 0 Å². The largest absolute Gasteiger partial charge is 0.382 e. The van der Waals surface area contributed by atoms with Gasteiger partial charge in [0.05, 0.1) is 42.3 Å². The van der Waals surface area contributed by atoms with Gasteiger partial charge < -0.3 is 14.8 Å². The van der Waals surface area contributed by atoms with E-state index in [2.05, 4.69) is 15.4 Å². The SMILES string of the molecule is COCCOCc1nn2c(Cl)cccc2c1-c1ccnc(NC2CCCC2)n1. The van der Waals surface area contributed by atoms with Gasteiger partial charge in [0.2, 0.25) is 5.95 Å². The molecule has 4 rings (SSSR count). The van der Waals surface area contributed by atoms with Crippen LogP contribution in [0.2, 0.25) is 5.15 Å². The number of halogens is 1. The average molecular weight is 402 g/mol. The molecule has 0 bridgehead atoms. The molecule has 3 aromatic heterocycles. The van der Waals surface area contributed by atoms with Crippen LogP contribution in [0.15, 0.2) is 30.5 Å². The van der Waals surface area contributed by atoms with Crippen LogP contribution in [-0.4, -0.2) is 45.9 Å². The zero-order valence-electron chi connectivity index (χ0n) is 15.9. The van der Waals surface area contributed by atoms with Crippen LogP contribution < -0.4 is 5.32 Å². The number of fused-ring (bicyclic) bond motifs is 1. The molecule has 1 aliphatic carbocycles. The van der Waals surface area contributed by atoms with Crippen molar-refractivity contribution in [2.45, 2.75) is 38.3 Å². The summed E-state index contributed by atoms with van der Waals surface area (Å²) in [6.07, 6.45) is 6.62. The smallest absolute Gasteiger partial charge is 0.223 e. The minimum atomic E-state index is 0.353. The molecule has 1 N–H and O–H groups in total. The molecule has 3 aromatic rings. The van der Waals surface area contributed by atoms with E-state index >= 15 is 0 Å². The molecule has 148 valence electrons. The number of methoxy groups -OCH3 is 1. The van der Waals surface area contributed by atoms with Crippen molar-refractivity contribution in [3.63, 3.8) is 0 Å². The maximum atomic E-state index is 6.35. The maximum Gasteiger partial charge on any atom is 0.223 e. The highest BCUT2D eigenvalue weighted by atomic mass is 35.5. The lowest BCUT2D eigenvalue weighted by Crippen LogP contribution is -2.16. The number of pyridine rings is 1. The lowest BCUT2D eigenvalue weighted by atomic mass is 10.1. The van der Waals surface area contributed by atoms with Gasteiger partial charge in [0.15, 0.2) is 0 Å². The van der Waals surface area contributed by atoms with Crippen LogP contribution in [0.4, 0.5) is 5.95 Å². The fourth-order valence-corrected chi connectivity index (χ4v) is 3.80. The molecule has 0 amide bonds. The van der Waals surface area contributed by atoms with E-state index in [4.69, 9.17) is 26.1 Å². The van der Waals surface area contributed by atoms with Crippen molar-refractivity contribution in [2.75, 3.05) is 25.6 Å². The summed E-state index contributed by atoms with van der Waals surface area (Å²) in [5, 5.41) is 8.66. The normalized spacial score (nSPS) is 14.8. The molecular formula is C20H24ClN5O2. The van der Waals surface area contributed by atoms with Crippen molar-refractivity contribution < 1.29 is 9.47 Å². The predicted octanol–water partition coefficient (Wildman–Crippen LogP) is 3.96. The highest BCUT2D eigenvalue weighted by Gasteiger charge is 2.19. The second kappa shape index (κ2) is 8.86. The summed E-state index contributed by atoms with van der Waals surface area (Å²) in [5.74, 6) is 0.650. The third kappa shape index (κ3) is 4.11. The van der Waals surface area contributed by atoms with Gasteiger partial charge in [-0.3, -0.25) is 0 Å².